The van der Waals surface area contributed by atoms with Crippen LogP contribution in [-0.2, 0) is 4.79 Å². The van der Waals surface area contributed by atoms with Crippen molar-refractivity contribution in [2.45, 2.75) is 30.1 Å². The smallest absolute Gasteiger partial charge is 0.313 e. The average molecular weight is 302 g/mol. The molecule has 8 heteroatoms. The van der Waals surface area contributed by atoms with E-state index in [0.717, 1.165) is 11.7 Å². The second-order valence-electron chi connectivity index (χ2n) is 4.53. The van der Waals surface area contributed by atoms with E-state index in [1.165, 1.54) is 49.0 Å². The third kappa shape index (κ3) is 4.63. The van der Waals surface area contributed by atoms with Crippen LogP contribution in [0.25, 0.3) is 0 Å². The number of aromatic nitrogens is 2. The minimum atomic E-state index is -0.836. The Morgan fingerprint density at radius 2 is 2.26 bits per heavy atom. The molecular weight excluding hydrogens is 284 g/mol. The van der Waals surface area contributed by atoms with Gasteiger partial charge in [0, 0.05) is 12.6 Å². The van der Waals surface area contributed by atoms with E-state index in [0.29, 0.717) is 10.4 Å². The Morgan fingerprint density at radius 3 is 2.95 bits per heavy atom. The van der Waals surface area contributed by atoms with Crippen LogP contribution in [0.1, 0.15) is 19.8 Å². The van der Waals surface area contributed by atoms with Crippen LogP contribution in [0.5, 0.6) is 0 Å². The fourth-order valence-electron chi connectivity index (χ4n) is 2.01. The van der Waals surface area contributed by atoms with Crippen molar-refractivity contribution in [1.82, 2.24) is 15.1 Å². The van der Waals surface area contributed by atoms with E-state index in [2.05, 4.69) is 27.3 Å². The predicted octanol–water partition coefficient (Wildman–Crippen LogP) is 1.61. The Bertz CT molecular complexity index is 421. The lowest BCUT2D eigenvalue weighted by atomic mass is 10.3. The first-order valence-electron chi connectivity index (χ1n) is 6.31. The summed E-state index contributed by atoms with van der Waals surface area (Å²) in [4.78, 5) is 12.9. The number of hydrogen-bond donors (Lipinski definition) is 2. The van der Waals surface area contributed by atoms with Crippen LogP contribution < -0.4 is 5.32 Å². The molecule has 1 aromatic rings. The van der Waals surface area contributed by atoms with Crippen molar-refractivity contribution in [3.8, 4) is 0 Å². The molecule has 1 saturated heterocycles. The predicted molar refractivity (Wildman–Crippen MR) is 77.0 cm³/mol. The fourth-order valence-corrected chi connectivity index (χ4v) is 3.49. The van der Waals surface area contributed by atoms with E-state index in [-0.39, 0.29) is 5.75 Å². The maximum atomic E-state index is 10.5. The van der Waals surface area contributed by atoms with E-state index in [1.54, 1.807) is 0 Å². The zero-order valence-corrected chi connectivity index (χ0v) is 12.5. The maximum Gasteiger partial charge on any atom is 0.313 e. The first-order chi connectivity index (χ1) is 9.15. The molecule has 19 heavy (non-hydrogen) atoms. The van der Waals surface area contributed by atoms with Gasteiger partial charge in [-0.05, 0) is 32.9 Å². The molecule has 0 radical (unpaired) electrons. The van der Waals surface area contributed by atoms with Crippen molar-refractivity contribution >= 4 is 34.2 Å². The minimum Gasteiger partial charge on any atom is -0.481 e. The van der Waals surface area contributed by atoms with Crippen LogP contribution >= 0.6 is 23.1 Å². The molecule has 2 N–H and O–H groups in total. The summed E-state index contributed by atoms with van der Waals surface area (Å²) in [7, 11) is 0. The summed E-state index contributed by atoms with van der Waals surface area (Å²) in [5.74, 6) is -0.809. The lowest BCUT2D eigenvalue weighted by Gasteiger charge is -2.23. The number of rotatable bonds is 7. The molecule has 0 saturated carbocycles. The number of anilines is 1. The molecular formula is C11H18N4O2S2. The number of thioether (sulfide) groups is 1. The molecule has 0 bridgehead atoms. The van der Waals surface area contributed by atoms with Gasteiger partial charge in [-0.15, -0.1) is 10.2 Å². The molecule has 0 amide bonds. The van der Waals surface area contributed by atoms with Crippen LogP contribution in [-0.4, -0.2) is 57.6 Å². The summed E-state index contributed by atoms with van der Waals surface area (Å²) >= 11 is 2.61. The number of carbonyl (C=O) groups is 1. The van der Waals surface area contributed by atoms with E-state index in [9.17, 15) is 4.79 Å². The summed E-state index contributed by atoms with van der Waals surface area (Å²) < 4.78 is 0.693. The summed E-state index contributed by atoms with van der Waals surface area (Å²) in [5, 5.41) is 20.6. The van der Waals surface area contributed by atoms with Crippen LogP contribution in [0.15, 0.2) is 4.34 Å². The second-order valence-corrected chi connectivity index (χ2v) is 6.73. The molecule has 1 fully saturated rings. The Morgan fingerprint density at radius 1 is 1.53 bits per heavy atom. The molecule has 0 aliphatic carbocycles. The zero-order chi connectivity index (χ0) is 13.7. The monoisotopic (exact) mass is 302 g/mol. The van der Waals surface area contributed by atoms with Gasteiger partial charge in [-0.25, -0.2) is 0 Å². The normalized spacial score (nSPS) is 17.5. The quantitative estimate of drug-likeness (QED) is 0.741. The van der Waals surface area contributed by atoms with Crippen molar-refractivity contribution in [3.63, 3.8) is 0 Å². The van der Waals surface area contributed by atoms with Crippen molar-refractivity contribution in [2.24, 2.45) is 0 Å². The number of aliphatic carboxylic acids is 1. The van der Waals surface area contributed by atoms with Crippen molar-refractivity contribution in [1.29, 1.82) is 0 Å². The Hall–Kier alpha value is -0.860. The molecule has 106 valence electrons. The highest BCUT2D eigenvalue weighted by Gasteiger charge is 2.18. The number of nitrogens with zero attached hydrogens (tertiary/aromatic N) is 3. The summed E-state index contributed by atoms with van der Waals surface area (Å²) in [6, 6.07) is 0.488. The molecule has 1 aliphatic heterocycles. The molecule has 1 aromatic heterocycles. The number of likely N-dealkylation sites (tertiary alicyclic amines) is 1. The van der Waals surface area contributed by atoms with E-state index < -0.39 is 5.97 Å². The van der Waals surface area contributed by atoms with Gasteiger partial charge in [0.2, 0.25) is 5.13 Å². The van der Waals surface area contributed by atoms with Crippen molar-refractivity contribution in [2.75, 3.05) is 30.7 Å². The SMILES string of the molecule is CC(CNc1nnc(SCC(=O)O)s1)N1CCCC1. The highest BCUT2D eigenvalue weighted by Crippen LogP contribution is 2.25. The Balaban J connectivity index is 1.74. The summed E-state index contributed by atoms with van der Waals surface area (Å²) in [6.07, 6.45) is 2.58. The zero-order valence-electron chi connectivity index (χ0n) is 10.8. The van der Waals surface area contributed by atoms with Crippen LogP contribution in [0, 0.1) is 0 Å². The van der Waals surface area contributed by atoms with Gasteiger partial charge < -0.3 is 10.4 Å². The van der Waals surface area contributed by atoms with Gasteiger partial charge in [-0.1, -0.05) is 23.1 Å². The number of hydrogen-bond acceptors (Lipinski definition) is 7. The van der Waals surface area contributed by atoms with Crippen LogP contribution in [0.3, 0.4) is 0 Å². The first kappa shape index (κ1) is 14.5. The Kier molecular flexibility index (Phi) is 5.41. The van der Waals surface area contributed by atoms with Crippen molar-refractivity contribution in [3.05, 3.63) is 0 Å². The van der Waals surface area contributed by atoms with Gasteiger partial charge in [0.1, 0.15) is 0 Å². The lowest BCUT2D eigenvalue weighted by Crippen LogP contribution is -2.35. The molecule has 6 nitrogen and oxygen atoms in total. The summed E-state index contributed by atoms with van der Waals surface area (Å²) in [6.45, 7) is 5.41. The highest BCUT2D eigenvalue weighted by atomic mass is 32.2. The largest absolute Gasteiger partial charge is 0.481 e. The minimum absolute atomic E-state index is 0.0266. The van der Waals surface area contributed by atoms with Gasteiger partial charge in [-0.3, -0.25) is 9.69 Å². The molecule has 1 atom stereocenters. The maximum absolute atomic E-state index is 10.5. The third-order valence-corrected chi connectivity index (χ3v) is 5.04. The van der Waals surface area contributed by atoms with Gasteiger partial charge in [0.05, 0.1) is 5.75 Å². The topological polar surface area (TPSA) is 78.3 Å². The highest BCUT2D eigenvalue weighted by molar-refractivity contribution is 8.01. The molecule has 0 spiro atoms. The lowest BCUT2D eigenvalue weighted by molar-refractivity contribution is -0.133. The second kappa shape index (κ2) is 7.06. The molecule has 1 aliphatic rings. The number of carboxylic acids is 1. The standard InChI is InChI=1S/C11H18N4O2S2/c1-8(15-4-2-3-5-15)6-12-10-13-14-11(19-10)18-7-9(16)17/h8H,2-7H2,1H3,(H,12,13)(H,16,17). The molecule has 2 heterocycles. The van der Waals surface area contributed by atoms with Gasteiger partial charge >= 0.3 is 5.97 Å². The number of nitrogens with one attached hydrogen (secondary N) is 1. The summed E-state index contributed by atoms with van der Waals surface area (Å²) in [5.41, 5.74) is 0. The Labute approximate surface area is 120 Å². The van der Waals surface area contributed by atoms with Gasteiger partial charge in [-0.2, -0.15) is 0 Å². The van der Waals surface area contributed by atoms with Gasteiger partial charge in [0.25, 0.3) is 0 Å². The fraction of sp³-hybridized carbons (Fsp3) is 0.727. The average Bonchev–Trinajstić information content (AvgIpc) is 3.04. The molecule has 0 aromatic carbocycles. The van der Waals surface area contributed by atoms with E-state index in [1.807, 2.05) is 0 Å². The third-order valence-electron chi connectivity index (χ3n) is 3.04. The first-order valence-corrected chi connectivity index (χ1v) is 8.11. The molecule has 2 rings (SSSR count). The van der Waals surface area contributed by atoms with Gasteiger partial charge in [0.15, 0.2) is 4.34 Å². The van der Waals surface area contributed by atoms with E-state index >= 15 is 0 Å². The van der Waals surface area contributed by atoms with Crippen LogP contribution in [0.4, 0.5) is 5.13 Å². The van der Waals surface area contributed by atoms with E-state index in [4.69, 9.17) is 5.11 Å². The van der Waals surface area contributed by atoms with Crippen molar-refractivity contribution < 1.29 is 9.90 Å². The number of carboxylic acid groups (broad SMARTS) is 1. The van der Waals surface area contributed by atoms with Crippen LogP contribution in [0.2, 0.25) is 0 Å². The molecule has 1 unspecified atom stereocenters.